The predicted molar refractivity (Wildman–Crippen MR) is 60.2 cm³/mol. The molecule has 0 aromatic rings. The first-order valence-electron chi connectivity index (χ1n) is 4.60. The molecule has 74 valence electrons. The Kier molecular flexibility index (Phi) is 3.03. The summed E-state index contributed by atoms with van der Waals surface area (Å²) in [5, 5.41) is 0. The molecule has 0 aromatic heterocycles. The number of rotatable bonds is 1. The molecule has 0 aromatic carbocycles. The largest absolute Gasteiger partial charge is 0.399 e. The smallest absolute Gasteiger partial charge is 0.117 e. The van der Waals surface area contributed by atoms with Crippen LogP contribution in [0.15, 0.2) is 35.2 Å². The highest BCUT2D eigenvalue weighted by Gasteiger charge is 2.19. The fraction of sp³-hybridized carbons (Fsp3) is 0.333. The minimum absolute atomic E-state index is 0.0464. The van der Waals surface area contributed by atoms with Crippen molar-refractivity contribution in [2.45, 2.75) is 19.9 Å². The molecule has 1 heterocycles. The minimum Gasteiger partial charge on any atom is -0.399 e. The normalized spacial score (nSPS) is 22.6. The molecule has 0 amide bonds. The molecule has 0 radical (unpaired) electrons. The van der Waals surface area contributed by atoms with Crippen molar-refractivity contribution in [3.63, 3.8) is 0 Å². The summed E-state index contributed by atoms with van der Waals surface area (Å²) in [7, 11) is 1.96. The van der Waals surface area contributed by atoms with Crippen LogP contribution in [0.4, 0.5) is 0 Å². The molecule has 0 spiro atoms. The Morgan fingerprint density at radius 2 is 2.36 bits per heavy atom. The molecule has 1 atom stereocenters. The summed E-state index contributed by atoms with van der Waals surface area (Å²) < 4.78 is 0. The minimum atomic E-state index is -0.0464. The molecule has 2 nitrogen and oxygen atoms in total. The van der Waals surface area contributed by atoms with Crippen molar-refractivity contribution in [3.8, 4) is 12.3 Å². The maximum atomic E-state index is 5.88. The third kappa shape index (κ3) is 1.82. The van der Waals surface area contributed by atoms with Crippen molar-refractivity contribution in [1.82, 2.24) is 4.90 Å². The molecule has 2 N–H and O–H groups in total. The van der Waals surface area contributed by atoms with Crippen molar-refractivity contribution in [2.75, 3.05) is 7.05 Å². The monoisotopic (exact) mass is 188 g/mol. The summed E-state index contributed by atoms with van der Waals surface area (Å²) in [6.07, 6.45) is 11.4. The van der Waals surface area contributed by atoms with E-state index in [1.165, 1.54) is 5.57 Å². The van der Waals surface area contributed by atoms with E-state index < -0.39 is 0 Å². The molecule has 1 aliphatic rings. The predicted octanol–water partition coefficient (Wildman–Crippen LogP) is 1.63. The van der Waals surface area contributed by atoms with Crippen LogP contribution in [0.2, 0.25) is 0 Å². The van der Waals surface area contributed by atoms with Gasteiger partial charge in [0, 0.05) is 24.5 Å². The van der Waals surface area contributed by atoms with E-state index in [9.17, 15) is 0 Å². The zero-order valence-corrected chi connectivity index (χ0v) is 8.91. The lowest BCUT2D eigenvalue weighted by atomic mass is 9.98. The van der Waals surface area contributed by atoms with Crippen LogP contribution in [-0.2, 0) is 0 Å². The van der Waals surface area contributed by atoms with Gasteiger partial charge in [0.1, 0.15) is 6.04 Å². The maximum absolute atomic E-state index is 5.88. The molecular weight excluding hydrogens is 172 g/mol. The quantitative estimate of drug-likeness (QED) is 0.634. The zero-order valence-electron chi connectivity index (χ0n) is 8.91. The second-order valence-corrected chi connectivity index (χ2v) is 3.45. The van der Waals surface area contributed by atoms with Gasteiger partial charge >= 0.3 is 0 Å². The molecule has 0 fully saturated rings. The summed E-state index contributed by atoms with van der Waals surface area (Å²) in [5.74, 6) is 2.73. The number of hydrogen-bond donors (Lipinski definition) is 1. The van der Waals surface area contributed by atoms with Crippen LogP contribution in [-0.4, -0.2) is 18.0 Å². The Bertz CT molecular complexity index is 353. The van der Waals surface area contributed by atoms with Crippen molar-refractivity contribution in [1.29, 1.82) is 0 Å². The number of nitrogens with two attached hydrogens (primary N) is 1. The Morgan fingerprint density at radius 3 is 2.86 bits per heavy atom. The van der Waals surface area contributed by atoms with Gasteiger partial charge in [-0.3, -0.25) is 0 Å². The summed E-state index contributed by atoms with van der Waals surface area (Å²) in [6.45, 7) is 3.95. The Hall–Kier alpha value is -1.62. The van der Waals surface area contributed by atoms with E-state index in [0.717, 1.165) is 11.3 Å². The van der Waals surface area contributed by atoms with E-state index in [1.807, 2.05) is 44.1 Å². The first-order chi connectivity index (χ1) is 6.60. The van der Waals surface area contributed by atoms with Gasteiger partial charge in [-0.05, 0) is 25.5 Å². The summed E-state index contributed by atoms with van der Waals surface area (Å²) in [5.41, 5.74) is 8.82. The van der Waals surface area contributed by atoms with Crippen molar-refractivity contribution >= 4 is 0 Å². The molecular formula is C12H16N2. The number of allylic oxidation sites excluding steroid dienone is 3. The van der Waals surface area contributed by atoms with Crippen LogP contribution < -0.4 is 5.73 Å². The number of likely N-dealkylation sites (N-methyl/N-ethyl adjacent to an activating group) is 1. The number of terminal acetylenes is 1. The second-order valence-electron chi connectivity index (χ2n) is 3.45. The van der Waals surface area contributed by atoms with Crippen molar-refractivity contribution in [3.05, 3.63) is 35.2 Å². The zero-order chi connectivity index (χ0) is 10.7. The molecule has 1 unspecified atom stereocenters. The first-order valence-corrected chi connectivity index (χ1v) is 4.60. The standard InChI is InChI=1S/C12H16N2/c1-5-11(13)10-7-9(3)8-14(4)12(10)6-2/h2,5,7-8,12H,13H2,1,3-4H3/b11-5+. The average molecular weight is 188 g/mol. The molecule has 1 aliphatic heterocycles. The Labute approximate surface area is 85.8 Å². The Morgan fingerprint density at radius 1 is 1.71 bits per heavy atom. The molecule has 0 aliphatic carbocycles. The van der Waals surface area contributed by atoms with Crippen LogP contribution in [0.3, 0.4) is 0 Å². The number of hydrogen-bond acceptors (Lipinski definition) is 2. The van der Waals surface area contributed by atoms with Gasteiger partial charge in [0.2, 0.25) is 0 Å². The molecule has 1 rings (SSSR count). The van der Waals surface area contributed by atoms with Crippen molar-refractivity contribution in [2.24, 2.45) is 5.73 Å². The van der Waals surface area contributed by atoms with Crippen LogP contribution >= 0.6 is 0 Å². The van der Waals surface area contributed by atoms with E-state index in [4.69, 9.17) is 12.2 Å². The van der Waals surface area contributed by atoms with Gasteiger partial charge in [-0.1, -0.05) is 12.0 Å². The average Bonchev–Trinajstić information content (AvgIpc) is 2.15. The fourth-order valence-electron chi connectivity index (χ4n) is 1.59. The topological polar surface area (TPSA) is 29.3 Å². The fourth-order valence-corrected chi connectivity index (χ4v) is 1.59. The third-order valence-electron chi connectivity index (χ3n) is 2.29. The van der Waals surface area contributed by atoms with Gasteiger partial charge < -0.3 is 10.6 Å². The Balaban J connectivity index is 3.13. The highest BCUT2D eigenvalue weighted by molar-refractivity contribution is 5.45. The van der Waals surface area contributed by atoms with E-state index in [0.29, 0.717) is 0 Å². The number of nitrogens with zero attached hydrogens (tertiary/aromatic N) is 1. The van der Waals surface area contributed by atoms with E-state index in [2.05, 4.69) is 5.92 Å². The van der Waals surface area contributed by atoms with Crippen LogP contribution in [0.5, 0.6) is 0 Å². The van der Waals surface area contributed by atoms with Crippen molar-refractivity contribution < 1.29 is 0 Å². The SMILES string of the molecule is C#CC1C(/C(N)=C\C)=CC(C)=CN1C. The lowest BCUT2D eigenvalue weighted by Crippen LogP contribution is -2.32. The lowest BCUT2D eigenvalue weighted by molar-refractivity contribution is 0.426. The molecule has 0 saturated carbocycles. The summed E-state index contributed by atoms with van der Waals surface area (Å²) in [6, 6.07) is -0.0464. The second kappa shape index (κ2) is 4.06. The molecule has 0 saturated heterocycles. The molecule has 0 bridgehead atoms. The van der Waals surface area contributed by atoms with Crippen LogP contribution in [0, 0.1) is 12.3 Å². The maximum Gasteiger partial charge on any atom is 0.117 e. The highest BCUT2D eigenvalue weighted by Crippen LogP contribution is 2.22. The van der Waals surface area contributed by atoms with E-state index in [1.54, 1.807) is 0 Å². The third-order valence-corrected chi connectivity index (χ3v) is 2.29. The lowest BCUT2D eigenvalue weighted by Gasteiger charge is -2.29. The van der Waals surface area contributed by atoms with E-state index >= 15 is 0 Å². The highest BCUT2D eigenvalue weighted by atomic mass is 15.1. The van der Waals surface area contributed by atoms with Gasteiger partial charge in [0.25, 0.3) is 0 Å². The summed E-state index contributed by atoms with van der Waals surface area (Å²) in [4.78, 5) is 2.00. The first kappa shape index (κ1) is 10.5. The summed E-state index contributed by atoms with van der Waals surface area (Å²) >= 11 is 0. The van der Waals surface area contributed by atoms with Gasteiger partial charge in [-0.15, -0.1) is 6.42 Å². The molecule has 14 heavy (non-hydrogen) atoms. The van der Waals surface area contributed by atoms with Gasteiger partial charge in [-0.25, -0.2) is 0 Å². The van der Waals surface area contributed by atoms with Gasteiger partial charge in [0.05, 0.1) is 0 Å². The van der Waals surface area contributed by atoms with Gasteiger partial charge in [0.15, 0.2) is 0 Å². The molecule has 2 heteroatoms. The van der Waals surface area contributed by atoms with Crippen LogP contribution in [0.1, 0.15) is 13.8 Å². The van der Waals surface area contributed by atoms with E-state index in [-0.39, 0.29) is 6.04 Å². The van der Waals surface area contributed by atoms with Crippen LogP contribution in [0.25, 0.3) is 0 Å². The van der Waals surface area contributed by atoms with Gasteiger partial charge in [-0.2, -0.15) is 0 Å².